The zero-order chi connectivity index (χ0) is 8.27. The lowest BCUT2D eigenvalue weighted by Crippen LogP contribution is -1.94. The molecule has 0 heterocycles. The van der Waals surface area contributed by atoms with Crippen molar-refractivity contribution in [2.45, 2.75) is 0 Å². The molecule has 0 unspecified atom stereocenters. The van der Waals surface area contributed by atoms with E-state index in [1.807, 2.05) is 0 Å². The highest BCUT2D eigenvalue weighted by molar-refractivity contribution is 5.52. The van der Waals surface area contributed by atoms with Crippen molar-refractivity contribution in [3.05, 3.63) is 18.2 Å². The van der Waals surface area contributed by atoms with E-state index in [0.29, 0.717) is 5.69 Å². The molecule has 0 saturated carbocycles. The Morgan fingerprint density at radius 2 is 1.91 bits per heavy atom. The standard InChI is InChI=1S/C6H7NO4/c8-5-2-1-4(7-11-10)3-6(5)9/h1-3,7-10H. The summed E-state index contributed by atoms with van der Waals surface area (Å²) in [5, 5.41) is 25.7. The molecule has 1 rings (SSSR count). The predicted molar refractivity (Wildman–Crippen MR) is 37.1 cm³/mol. The number of anilines is 1. The van der Waals surface area contributed by atoms with Crippen LogP contribution in [0.25, 0.3) is 0 Å². The molecular formula is C6H7NO4. The third kappa shape index (κ3) is 1.73. The quantitative estimate of drug-likeness (QED) is 0.222. The Balaban J connectivity index is 2.86. The molecule has 11 heavy (non-hydrogen) atoms. The second kappa shape index (κ2) is 3.09. The van der Waals surface area contributed by atoms with Gasteiger partial charge in [0.15, 0.2) is 11.5 Å². The average Bonchev–Trinajstić information content (AvgIpc) is 1.98. The van der Waals surface area contributed by atoms with Gasteiger partial charge in [0.05, 0.1) is 5.69 Å². The number of nitrogens with one attached hydrogen (secondary N) is 1. The summed E-state index contributed by atoms with van der Waals surface area (Å²) in [5.41, 5.74) is 2.40. The van der Waals surface area contributed by atoms with Crippen molar-refractivity contribution in [1.29, 1.82) is 0 Å². The van der Waals surface area contributed by atoms with Gasteiger partial charge in [0, 0.05) is 6.07 Å². The molecule has 5 heteroatoms. The topological polar surface area (TPSA) is 82.0 Å². The minimum absolute atomic E-state index is 0.228. The zero-order valence-corrected chi connectivity index (χ0v) is 5.48. The largest absolute Gasteiger partial charge is 0.504 e. The highest BCUT2D eigenvalue weighted by Crippen LogP contribution is 2.26. The van der Waals surface area contributed by atoms with Crippen LogP contribution in [0.3, 0.4) is 0 Å². The molecule has 4 N–H and O–H groups in total. The fourth-order valence-electron chi connectivity index (χ4n) is 0.640. The zero-order valence-electron chi connectivity index (χ0n) is 5.48. The molecule has 0 aliphatic heterocycles. The summed E-state index contributed by atoms with van der Waals surface area (Å²) in [7, 11) is 0. The number of rotatable bonds is 2. The van der Waals surface area contributed by atoms with Crippen LogP contribution in [0.2, 0.25) is 0 Å². The summed E-state index contributed by atoms with van der Waals surface area (Å²) < 4.78 is 0. The van der Waals surface area contributed by atoms with Crippen molar-refractivity contribution in [2.24, 2.45) is 0 Å². The normalized spacial score (nSPS) is 9.55. The van der Waals surface area contributed by atoms with Crippen LogP contribution in [0.15, 0.2) is 18.2 Å². The summed E-state index contributed by atoms with van der Waals surface area (Å²) in [5.74, 6) is -0.513. The number of hydrogen-bond donors (Lipinski definition) is 4. The maximum atomic E-state index is 8.90. The van der Waals surface area contributed by atoms with Crippen LogP contribution in [0, 0.1) is 0 Å². The van der Waals surface area contributed by atoms with E-state index in [0.717, 1.165) is 0 Å². The van der Waals surface area contributed by atoms with Crippen LogP contribution in [0.5, 0.6) is 11.5 Å². The van der Waals surface area contributed by atoms with E-state index in [2.05, 4.69) is 10.5 Å². The first-order chi connectivity index (χ1) is 5.24. The summed E-state index contributed by atoms with van der Waals surface area (Å²) in [6, 6.07) is 3.88. The molecule has 0 amide bonds. The first-order valence-electron chi connectivity index (χ1n) is 2.82. The Bertz CT molecular complexity index is 250. The molecule has 0 atom stereocenters. The van der Waals surface area contributed by atoms with Gasteiger partial charge in [-0.15, -0.1) is 4.99 Å². The lowest BCUT2D eigenvalue weighted by molar-refractivity contribution is -0.215. The third-order valence-corrected chi connectivity index (χ3v) is 1.14. The Morgan fingerprint density at radius 1 is 1.18 bits per heavy atom. The fraction of sp³-hybridized carbons (Fsp3) is 0. The molecule has 0 aliphatic rings. The molecule has 60 valence electrons. The smallest absolute Gasteiger partial charge is 0.159 e. The van der Waals surface area contributed by atoms with Crippen molar-refractivity contribution in [3.63, 3.8) is 0 Å². The van der Waals surface area contributed by atoms with Gasteiger partial charge in [-0.25, -0.2) is 10.7 Å². The Hall–Kier alpha value is -1.46. The van der Waals surface area contributed by atoms with Gasteiger partial charge in [-0.1, -0.05) is 0 Å². The minimum atomic E-state index is -0.285. The minimum Gasteiger partial charge on any atom is -0.504 e. The maximum absolute atomic E-state index is 8.90. The molecule has 0 aliphatic carbocycles. The summed E-state index contributed by atoms with van der Waals surface area (Å²) in [6.45, 7) is 0. The van der Waals surface area contributed by atoms with E-state index in [-0.39, 0.29) is 11.5 Å². The van der Waals surface area contributed by atoms with E-state index >= 15 is 0 Å². The molecule has 0 fully saturated rings. The van der Waals surface area contributed by atoms with Crippen LogP contribution in [-0.4, -0.2) is 15.5 Å². The molecule has 0 bridgehead atoms. The van der Waals surface area contributed by atoms with Gasteiger partial charge in [-0.05, 0) is 12.1 Å². The molecule has 0 radical (unpaired) electrons. The van der Waals surface area contributed by atoms with Gasteiger partial charge >= 0.3 is 0 Å². The van der Waals surface area contributed by atoms with E-state index in [9.17, 15) is 0 Å². The number of hydrogen-bond acceptors (Lipinski definition) is 5. The first-order valence-corrected chi connectivity index (χ1v) is 2.82. The first kappa shape index (κ1) is 7.64. The van der Waals surface area contributed by atoms with Crippen LogP contribution in [-0.2, 0) is 4.99 Å². The summed E-state index contributed by atoms with van der Waals surface area (Å²) >= 11 is 0. The molecule has 1 aromatic rings. The highest BCUT2D eigenvalue weighted by atomic mass is 17.2. The highest BCUT2D eigenvalue weighted by Gasteiger charge is 1.98. The molecule has 0 aromatic heterocycles. The predicted octanol–water partition coefficient (Wildman–Crippen LogP) is 0.914. The monoisotopic (exact) mass is 157 g/mol. The molecule has 5 nitrogen and oxygen atoms in total. The summed E-state index contributed by atoms with van der Waals surface area (Å²) in [4.78, 5) is 3.58. The lowest BCUT2D eigenvalue weighted by Gasteiger charge is -2.01. The maximum Gasteiger partial charge on any atom is 0.159 e. The molecule has 1 aromatic carbocycles. The molecule has 0 saturated heterocycles. The number of aromatic hydroxyl groups is 2. The van der Waals surface area contributed by atoms with Crippen molar-refractivity contribution in [1.82, 2.24) is 0 Å². The van der Waals surface area contributed by atoms with Gasteiger partial charge < -0.3 is 10.2 Å². The van der Waals surface area contributed by atoms with E-state index in [1.54, 1.807) is 0 Å². The van der Waals surface area contributed by atoms with E-state index < -0.39 is 0 Å². The lowest BCUT2D eigenvalue weighted by atomic mass is 10.3. The van der Waals surface area contributed by atoms with Crippen molar-refractivity contribution >= 4 is 5.69 Å². The number of phenolic OH excluding ortho intramolecular Hbond substituents is 2. The van der Waals surface area contributed by atoms with Crippen LogP contribution in [0.1, 0.15) is 0 Å². The SMILES string of the molecule is OONc1ccc(O)c(O)c1. The Morgan fingerprint density at radius 3 is 2.45 bits per heavy atom. The van der Waals surface area contributed by atoms with Gasteiger partial charge in [-0.3, -0.25) is 0 Å². The second-order valence-electron chi connectivity index (χ2n) is 1.90. The van der Waals surface area contributed by atoms with Crippen LogP contribution in [0.4, 0.5) is 5.69 Å². The van der Waals surface area contributed by atoms with Crippen LogP contribution >= 0.6 is 0 Å². The van der Waals surface area contributed by atoms with Crippen LogP contribution < -0.4 is 5.48 Å². The van der Waals surface area contributed by atoms with Crippen molar-refractivity contribution < 1.29 is 20.5 Å². The number of phenols is 2. The molecular weight excluding hydrogens is 150 g/mol. The van der Waals surface area contributed by atoms with Gasteiger partial charge in [0.2, 0.25) is 0 Å². The van der Waals surface area contributed by atoms with Crippen molar-refractivity contribution in [2.75, 3.05) is 5.48 Å². The van der Waals surface area contributed by atoms with Gasteiger partial charge in [0.25, 0.3) is 0 Å². The Kier molecular flexibility index (Phi) is 2.15. The third-order valence-electron chi connectivity index (χ3n) is 1.14. The number of benzene rings is 1. The van der Waals surface area contributed by atoms with Crippen molar-refractivity contribution in [3.8, 4) is 11.5 Å². The fourth-order valence-corrected chi connectivity index (χ4v) is 0.640. The van der Waals surface area contributed by atoms with E-state index in [4.69, 9.17) is 15.5 Å². The van der Waals surface area contributed by atoms with E-state index in [1.165, 1.54) is 18.2 Å². The Labute approximate surface area is 62.4 Å². The van der Waals surface area contributed by atoms with Gasteiger partial charge in [-0.2, -0.15) is 0 Å². The average molecular weight is 157 g/mol. The second-order valence-corrected chi connectivity index (χ2v) is 1.90. The summed E-state index contributed by atoms with van der Waals surface area (Å²) in [6.07, 6.45) is 0. The molecule has 0 spiro atoms. The van der Waals surface area contributed by atoms with Gasteiger partial charge in [0.1, 0.15) is 0 Å².